The van der Waals surface area contributed by atoms with E-state index in [4.69, 9.17) is 14.2 Å². The zero-order valence-corrected chi connectivity index (χ0v) is 10.2. The monoisotopic (exact) mass is 248 g/mol. The van der Waals surface area contributed by atoms with Gasteiger partial charge < -0.3 is 29.5 Å². The number of rotatable bonds is 3. The normalized spacial score (nSPS) is 49.9. The maximum Gasteiger partial charge on any atom is 0.186 e. The second-order valence-electron chi connectivity index (χ2n) is 5.06. The van der Waals surface area contributed by atoms with Crippen molar-refractivity contribution in [2.24, 2.45) is 5.92 Å². The standard InChI is InChI=1S/C11H20O6/c1-5(2)15-10-8(13)9-7(6(4-12)16-10)11(3,14)17-9/h5-10,12-14H,4H2,1-3H3/t6?,7-,8?,9?,10-,11?/m1/s1. The van der Waals surface area contributed by atoms with Gasteiger partial charge in [0.05, 0.1) is 24.7 Å². The molecule has 17 heavy (non-hydrogen) atoms. The first-order valence-electron chi connectivity index (χ1n) is 5.87. The average molecular weight is 248 g/mol. The first-order chi connectivity index (χ1) is 7.86. The van der Waals surface area contributed by atoms with Crippen LogP contribution in [0.5, 0.6) is 0 Å². The molecule has 6 heteroatoms. The molecule has 3 N–H and O–H groups in total. The van der Waals surface area contributed by atoms with Gasteiger partial charge in [0.25, 0.3) is 0 Å². The molecule has 0 aromatic heterocycles. The molecule has 0 saturated carbocycles. The van der Waals surface area contributed by atoms with Gasteiger partial charge in [-0.05, 0) is 20.8 Å². The number of aliphatic hydroxyl groups excluding tert-OH is 2. The Morgan fingerprint density at radius 3 is 2.53 bits per heavy atom. The van der Waals surface area contributed by atoms with Gasteiger partial charge in [-0.2, -0.15) is 0 Å². The molecule has 6 atom stereocenters. The summed E-state index contributed by atoms with van der Waals surface area (Å²) in [6, 6.07) is 0. The van der Waals surface area contributed by atoms with Crippen LogP contribution in [-0.4, -0.2) is 58.4 Å². The van der Waals surface area contributed by atoms with E-state index in [0.29, 0.717) is 0 Å². The van der Waals surface area contributed by atoms with Crippen molar-refractivity contribution < 1.29 is 29.5 Å². The first-order valence-corrected chi connectivity index (χ1v) is 5.87. The molecule has 2 saturated heterocycles. The highest BCUT2D eigenvalue weighted by Gasteiger charge is 2.62. The van der Waals surface area contributed by atoms with Crippen LogP contribution in [0, 0.1) is 5.92 Å². The summed E-state index contributed by atoms with van der Waals surface area (Å²) in [4.78, 5) is 0. The molecule has 0 spiro atoms. The van der Waals surface area contributed by atoms with Gasteiger partial charge in [-0.25, -0.2) is 0 Å². The van der Waals surface area contributed by atoms with Crippen LogP contribution in [0.25, 0.3) is 0 Å². The Labute approximate surface area is 100 Å². The SMILES string of the molecule is CC(C)O[C@@H]1OC(CO)[C@@H]2C(OC2(C)O)C1O. The Hall–Kier alpha value is -0.240. The minimum Gasteiger partial charge on any atom is -0.394 e. The summed E-state index contributed by atoms with van der Waals surface area (Å²) in [5, 5.41) is 29.1. The van der Waals surface area contributed by atoms with Crippen LogP contribution in [0.3, 0.4) is 0 Å². The zero-order chi connectivity index (χ0) is 12.8. The van der Waals surface area contributed by atoms with Crippen LogP contribution >= 0.6 is 0 Å². The zero-order valence-electron chi connectivity index (χ0n) is 10.2. The highest BCUT2D eigenvalue weighted by Crippen LogP contribution is 2.46. The second-order valence-corrected chi connectivity index (χ2v) is 5.06. The van der Waals surface area contributed by atoms with Gasteiger partial charge in [-0.1, -0.05) is 0 Å². The van der Waals surface area contributed by atoms with Gasteiger partial charge >= 0.3 is 0 Å². The van der Waals surface area contributed by atoms with Crippen molar-refractivity contribution in [2.45, 2.75) is 57.3 Å². The molecular formula is C11H20O6. The largest absolute Gasteiger partial charge is 0.394 e. The number of aliphatic hydroxyl groups is 3. The lowest BCUT2D eigenvalue weighted by molar-refractivity contribution is -0.441. The molecule has 0 aromatic carbocycles. The lowest BCUT2D eigenvalue weighted by Gasteiger charge is -2.57. The van der Waals surface area contributed by atoms with Gasteiger partial charge in [-0.3, -0.25) is 0 Å². The predicted molar refractivity (Wildman–Crippen MR) is 57.0 cm³/mol. The molecule has 0 bridgehead atoms. The summed E-state index contributed by atoms with van der Waals surface area (Å²) in [5.74, 6) is -1.79. The van der Waals surface area contributed by atoms with E-state index in [0.717, 1.165) is 0 Å². The molecule has 0 amide bonds. The van der Waals surface area contributed by atoms with Crippen LogP contribution in [0.1, 0.15) is 20.8 Å². The van der Waals surface area contributed by atoms with Crippen molar-refractivity contribution >= 4 is 0 Å². The van der Waals surface area contributed by atoms with Gasteiger partial charge in [0.15, 0.2) is 12.1 Å². The Bertz CT molecular complexity index is 273. The van der Waals surface area contributed by atoms with Crippen LogP contribution < -0.4 is 0 Å². The maximum atomic E-state index is 9.99. The molecule has 2 rings (SSSR count). The highest BCUT2D eigenvalue weighted by atomic mass is 16.7. The molecule has 0 aliphatic carbocycles. The summed E-state index contributed by atoms with van der Waals surface area (Å²) in [6.45, 7) is 4.91. The van der Waals surface area contributed by atoms with Gasteiger partial charge in [0, 0.05) is 0 Å². The van der Waals surface area contributed by atoms with Crippen LogP contribution in [0.15, 0.2) is 0 Å². The number of ether oxygens (including phenoxy) is 3. The number of fused-ring (bicyclic) bond motifs is 1. The summed E-state index contributed by atoms with van der Waals surface area (Å²) < 4.78 is 16.1. The second kappa shape index (κ2) is 4.46. The van der Waals surface area contributed by atoms with Crippen molar-refractivity contribution in [3.8, 4) is 0 Å². The molecule has 2 fully saturated rings. The van der Waals surface area contributed by atoms with E-state index in [1.807, 2.05) is 13.8 Å². The molecular weight excluding hydrogens is 228 g/mol. The van der Waals surface area contributed by atoms with Crippen LogP contribution in [0.4, 0.5) is 0 Å². The van der Waals surface area contributed by atoms with Crippen LogP contribution in [-0.2, 0) is 14.2 Å². The van der Waals surface area contributed by atoms with E-state index in [1.54, 1.807) is 0 Å². The van der Waals surface area contributed by atoms with E-state index >= 15 is 0 Å². The minimum absolute atomic E-state index is 0.105. The molecule has 0 aromatic rings. The molecule has 6 nitrogen and oxygen atoms in total. The summed E-state index contributed by atoms with van der Waals surface area (Å²) in [7, 11) is 0. The van der Waals surface area contributed by atoms with Gasteiger partial charge in [0.1, 0.15) is 12.2 Å². The molecule has 0 radical (unpaired) electrons. The van der Waals surface area contributed by atoms with Gasteiger partial charge in [0.2, 0.25) is 0 Å². The highest BCUT2D eigenvalue weighted by molar-refractivity contribution is 5.03. The fraction of sp³-hybridized carbons (Fsp3) is 1.00. The van der Waals surface area contributed by atoms with E-state index in [-0.39, 0.29) is 12.7 Å². The van der Waals surface area contributed by atoms with Crippen molar-refractivity contribution in [3.05, 3.63) is 0 Å². The average Bonchev–Trinajstić information content (AvgIpc) is 2.21. The molecule has 100 valence electrons. The van der Waals surface area contributed by atoms with Crippen molar-refractivity contribution in [1.82, 2.24) is 0 Å². The lowest BCUT2D eigenvalue weighted by Crippen LogP contribution is -2.73. The smallest absolute Gasteiger partial charge is 0.186 e. The van der Waals surface area contributed by atoms with Crippen molar-refractivity contribution in [1.29, 1.82) is 0 Å². The molecule has 4 unspecified atom stereocenters. The summed E-state index contributed by atoms with van der Waals surface area (Å²) in [6.07, 6.45) is -3.03. The molecule has 2 aliphatic rings. The third-order valence-corrected chi connectivity index (χ3v) is 3.26. The van der Waals surface area contributed by atoms with Gasteiger partial charge in [-0.15, -0.1) is 0 Å². The predicted octanol–water partition coefficient (Wildman–Crippen LogP) is -0.787. The van der Waals surface area contributed by atoms with E-state index in [2.05, 4.69) is 0 Å². The van der Waals surface area contributed by atoms with E-state index in [9.17, 15) is 15.3 Å². The summed E-state index contributed by atoms with van der Waals surface area (Å²) in [5.41, 5.74) is 0. The minimum atomic E-state index is -1.36. The van der Waals surface area contributed by atoms with Crippen molar-refractivity contribution in [3.63, 3.8) is 0 Å². The Kier molecular flexibility index (Phi) is 3.46. The number of hydrogen-bond acceptors (Lipinski definition) is 6. The topological polar surface area (TPSA) is 88.4 Å². The van der Waals surface area contributed by atoms with Crippen molar-refractivity contribution in [2.75, 3.05) is 6.61 Å². The quantitative estimate of drug-likeness (QED) is 0.607. The summed E-state index contributed by atoms with van der Waals surface area (Å²) >= 11 is 0. The maximum absolute atomic E-state index is 9.99. The first kappa shape index (κ1) is 13.2. The Balaban J connectivity index is 2.09. The third-order valence-electron chi connectivity index (χ3n) is 3.26. The van der Waals surface area contributed by atoms with E-state index < -0.39 is 36.3 Å². The third kappa shape index (κ3) is 2.21. The van der Waals surface area contributed by atoms with E-state index in [1.165, 1.54) is 6.92 Å². The Morgan fingerprint density at radius 2 is 2.06 bits per heavy atom. The molecule has 2 aliphatic heterocycles. The lowest BCUT2D eigenvalue weighted by atomic mass is 9.77. The molecule has 2 heterocycles. The number of hydrogen-bond donors (Lipinski definition) is 3. The van der Waals surface area contributed by atoms with Crippen LogP contribution in [0.2, 0.25) is 0 Å². The Morgan fingerprint density at radius 1 is 1.41 bits per heavy atom. The fourth-order valence-corrected chi connectivity index (χ4v) is 2.53. The fourth-order valence-electron chi connectivity index (χ4n) is 2.53.